The summed E-state index contributed by atoms with van der Waals surface area (Å²) in [5.41, 5.74) is 0. The van der Waals surface area contributed by atoms with Gasteiger partial charge in [0.25, 0.3) is 0 Å². The van der Waals surface area contributed by atoms with Crippen molar-refractivity contribution in [3.63, 3.8) is 0 Å². The van der Waals surface area contributed by atoms with Crippen LogP contribution in [0.5, 0.6) is 0 Å². The second kappa shape index (κ2) is 26.1. The normalized spacial score (nSPS) is 0. The first-order valence-corrected chi connectivity index (χ1v) is 0. The number of rotatable bonds is 0. The van der Waals surface area contributed by atoms with Gasteiger partial charge in [-0.05, 0) is 0 Å². The summed E-state index contributed by atoms with van der Waals surface area (Å²) in [5, 5.41) is 0. The Hall–Kier alpha value is 3.43. The fourth-order valence-electron chi connectivity index (χ4n) is 0. The molecule has 0 bridgehead atoms. The molecule has 0 N–H and O–H groups in total. The van der Waals surface area contributed by atoms with Gasteiger partial charge in [0.2, 0.25) is 0 Å². The fourth-order valence-corrected chi connectivity index (χ4v) is 0. The Morgan fingerprint density at radius 2 is 1.20 bits per heavy atom. The first-order valence-electron chi connectivity index (χ1n) is 0. The van der Waals surface area contributed by atoms with Gasteiger partial charge in [0, 0.05) is 70.4 Å². The summed E-state index contributed by atoms with van der Waals surface area (Å²) in [5.74, 6) is 0. The Balaban J connectivity index is 0. The molecule has 0 fully saturated rings. The molecule has 0 aromatic rings. The van der Waals surface area contributed by atoms with Gasteiger partial charge in [0.15, 0.2) is 0 Å². The van der Waals surface area contributed by atoms with Gasteiger partial charge >= 0.3 is 37.7 Å². The molecule has 0 aromatic heterocycles. The molecule has 5 heavy (non-hydrogen) atoms. The van der Waals surface area contributed by atoms with Crippen molar-refractivity contribution in [2.75, 3.05) is 0 Å². The monoisotopic (exact) mass is 283 g/mol. The maximum absolute atomic E-state index is 0. The molecule has 3 radical (unpaired) electrons. The Kier molecular flexibility index (Phi) is 207. The van der Waals surface area contributed by atoms with E-state index < -0.39 is 0 Å². The van der Waals surface area contributed by atoms with E-state index in [0.717, 1.165) is 0 Å². The molecule has 0 aliphatic carbocycles. The molecule has 0 aliphatic heterocycles. The van der Waals surface area contributed by atoms with E-state index in [1.807, 2.05) is 0 Å². The van der Waals surface area contributed by atoms with Crippen LogP contribution in [0.1, 0.15) is 2.85 Å². The van der Waals surface area contributed by atoms with Crippen molar-refractivity contribution in [1.29, 1.82) is 0 Å². The molecule has 5 heteroatoms. The summed E-state index contributed by atoms with van der Waals surface area (Å²) in [6.45, 7) is 0. The smallest absolute Gasteiger partial charge is 1.00 e. The van der Waals surface area contributed by atoms with E-state index in [2.05, 4.69) is 0 Å². The van der Waals surface area contributed by atoms with Crippen LogP contribution in [0.4, 0.5) is 0 Å². The van der Waals surface area contributed by atoms with Crippen molar-refractivity contribution in [2.45, 2.75) is 0 Å². The molecule has 0 amide bonds. The first-order chi connectivity index (χ1) is 0. The molecule has 0 spiro atoms. The van der Waals surface area contributed by atoms with E-state index in [0.29, 0.717) is 0 Å². The van der Waals surface area contributed by atoms with Crippen LogP contribution in [0, 0.1) is 0 Å². The molecule has 0 unspecified atom stereocenters. The third-order valence-corrected chi connectivity index (χ3v) is 0. The second-order valence-corrected chi connectivity index (χ2v) is 0. The van der Waals surface area contributed by atoms with Crippen molar-refractivity contribution in [3.05, 3.63) is 0 Å². The Bertz CT molecular complexity index is 17.7. The Morgan fingerprint density at radius 3 is 1.20 bits per heavy atom. The predicted molar refractivity (Wildman–Crippen MR) is 7.98 cm³/mol. The minimum absolute atomic E-state index is 0. The average Bonchev–Trinajstić information content (AvgIpc) is 0. The molecule has 33 valence electrons. The van der Waals surface area contributed by atoms with Gasteiger partial charge in [-0.2, -0.15) is 0 Å². The zero-order chi connectivity index (χ0) is 0. The fraction of sp³-hybridized carbons (Fsp3) is 0. The van der Waals surface area contributed by atoms with Gasteiger partial charge in [-0.3, -0.25) is 0 Å². The van der Waals surface area contributed by atoms with Crippen molar-refractivity contribution in [3.8, 4) is 0 Å². The van der Waals surface area contributed by atoms with E-state index in [1.165, 1.54) is 0 Å². The third-order valence-electron chi connectivity index (χ3n) is 0. The van der Waals surface area contributed by atoms with Crippen LogP contribution >= 0.6 is 0 Å². The van der Waals surface area contributed by atoms with Gasteiger partial charge in [0.05, 0.1) is 0 Å². The van der Waals surface area contributed by atoms with Crippen LogP contribution < -0.4 is 0 Å². The summed E-state index contributed by atoms with van der Waals surface area (Å²) in [4.78, 5) is 0. The Labute approximate surface area is 109 Å². The second-order valence-electron chi connectivity index (χ2n) is 0. The quantitative estimate of drug-likeness (QED) is 0.542. The molecule has 0 heterocycles. The van der Waals surface area contributed by atoms with Crippen LogP contribution in [-0.4, -0.2) is 37.7 Å². The van der Waals surface area contributed by atoms with Crippen molar-refractivity contribution in [2.24, 2.45) is 0 Å². The molecular formula is H2CaCoCuMnZn. The maximum atomic E-state index is 0. The molecule has 0 atom stereocenters. The van der Waals surface area contributed by atoms with Crippen LogP contribution in [-0.2, 0) is 70.4 Å². The van der Waals surface area contributed by atoms with E-state index in [-0.39, 0.29) is 111 Å². The van der Waals surface area contributed by atoms with Crippen LogP contribution in [0.3, 0.4) is 0 Å². The van der Waals surface area contributed by atoms with Crippen molar-refractivity contribution in [1.82, 2.24) is 0 Å². The molecule has 0 saturated carbocycles. The van der Waals surface area contributed by atoms with Crippen LogP contribution in [0.25, 0.3) is 0 Å². The summed E-state index contributed by atoms with van der Waals surface area (Å²) in [7, 11) is 0. The van der Waals surface area contributed by atoms with Gasteiger partial charge in [-0.15, -0.1) is 0 Å². The Morgan fingerprint density at radius 1 is 1.20 bits per heavy atom. The van der Waals surface area contributed by atoms with Crippen molar-refractivity contribution < 1.29 is 73.2 Å². The van der Waals surface area contributed by atoms with Crippen LogP contribution in [0.15, 0.2) is 0 Å². The number of hydrogen-bond acceptors (Lipinski definition) is 0. The van der Waals surface area contributed by atoms with Crippen LogP contribution in [0.2, 0.25) is 0 Å². The standard InChI is InChI=1S/Ca.Co.Cu.Mn.Zn.2H/q+2;;;;;2*-1. The zero-order valence-corrected chi connectivity index (χ0v) is 10.8. The summed E-state index contributed by atoms with van der Waals surface area (Å²) < 4.78 is 0. The predicted octanol–water partition coefficient (Wildman–Crippen LogP) is -0.166. The summed E-state index contributed by atoms with van der Waals surface area (Å²) in [6, 6.07) is 0. The van der Waals surface area contributed by atoms with E-state index >= 15 is 0 Å². The average molecular weight is 285 g/mol. The minimum Gasteiger partial charge on any atom is -1.00 e. The molecular weight excluding hydrogens is 283 g/mol. The topological polar surface area (TPSA) is 0 Å². The van der Waals surface area contributed by atoms with Gasteiger partial charge in [-0.25, -0.2) is 0 Å². The molecule has 0 aromatic carbocycles. The van der Waals surface area contributed by atoms with E-state index in [1.54, 1.807) is 0 Å². The number of hydrogen-bond donors (Lipinski definition) is 0. The minimum atomic E-state index is 0. The maximum Gasteiger partial charge on any atom is 2.00 e. The molecule has 0 nitrogen and oxygen atoms in total. The van der Waals surface area contributed by atoms with Gasteiger partial charge in [-0.1, -0.05) is 0 Å². The molecule has 0 aliphatic rings. The first kappa shape index (κ1) is 39.6. The van der Waals surface area contributed by atoms with Crippen molar-refractivity contribution >= 4 is 37.7 Å². The van der Waals surface area contributed by atoms with E-state index in [9.17, 15) is 0 Å². The summed E-state index contributed by atoms with van der Waals surface area (Å²) in [6.07, 6.45) is 0. The third kappa shape index (κ3) is 18.6. The summed E-state index contributed by atoms with van der Waals surface area (Å²) >= 11 is 0. The SMILES string of the molecule is [Ca+2].[Co].[Cu].[H-].[H-].[Mn].[Zn]. The molecule has 0 saturated heterocycles. The largest absolute Gasteiger partial charge is 2.00 e. The van der Waals surface area contributed by atoms with E-state index in [4.69, 9.17) is 0 Å². The van der Waals surface area contributed by atoms with Gasteiger partial charge in [0.1, 0.15) is 0 Å². The molecule has 0 rings (SSSR count). The van der Waals surface area contributed by atoms with Gasteiger partial charge < -0.3 is 2.85 Å². The zero-order valence-electron chi connectivity index (χ0n) is 4.43.